The number of benzene rings is 2. The molecule has 33 heavy (non-hydrogen) atoms. The van der Waals surface area contributed by atoms with E-state index in [0.717, 1.165) is 17.8 Å². The topological polar surface area (TPSA) is 46.0 Å². The van der Waals surface area contributed by atoms with Gasteiger partial charge in [-0.2, -0.15) is 0 Å². The molecule has 2 aliphatic rings. The predicted molar refractivity (Wildman–Crippen MR) is 129 cm³/mol. The molecule has 2 aliphatic heterocycles. The van der Waals surface area contributed by atoms with Crippen molar-refractivity contribution in [2.75, 3.05) is 24.5 Å². The Bertz CT molecular complexity index is 1050. The van der Waals surface area contributed by atoms with Crippen molar-refractivity contribution in [3.63, 3.8) is 0 Å². The molecule has 2 saturated heterocycles. The highest BCUT2D eigenvalue weighted by atomic mass is 32.2. The van der Waals surface area contributed by atoms with Crippen LogP contribution < -0.4 is 10.2 Å². The molecule has 1 aromatic heterocycles. The van der Waals surface area contributed by atoms with Crippen molar-refractivity contribution in [1.82, 2.24) is 20.1 Å². The molecule has 0 spiro atoms. The number of halogens is 2. The van der Waals surface area contributed by atoms with E-state index in [-0.39, 0.29) is 23.7 Å². The minimum Gasteiger partial charge on any atom is -0.368 e. The lowest BCUT2D eigenvalue weighted by molar-refractivity contribution is 0.199. The molecular formula is C25H29F2N5S. The monoisotopic (exact) mass is 469 g/mol. The Kier molecular flexibility index (Phi) is 6.64. The minimum absolute atomic E-state index is 0.210. The third-order valence-electron chi connectivity index (χ3n) is 6.84. The first-order valence-corrected chi connectivity index (χ1v) is 12.5. The van der Waals surface area contributed by atoms with Crippen LogP contribution in [0.2, 0.25) is 0 Å². The third kappa shape index (κ3) is 4.92. The van der Waals surface area contributed by atoms with Gasteiger partial charge < -0.3 is 14.8 Å². The highest BCUT2D eigenvalue weighted by Crippen LogP contribution is 2.38. The van der Waals surface area contributed by atoms with Crippen LogP contribution in [0.1, 0.15) is 35.8 Å². The first-order valence-electron chi connectivity index (χ1n) is 11.5. The number of anilines is 1. The Hall–Kier alpha value is -2.45. The van der Waals surface area contributed by atoms with Crippen molar-refractivity contribution in [2.45, 2.75) is 48.5 Å². The number of piperidine rings is 1. The van der Waals surface area contributed by atoms with Crippen LogP contribution in [0, 0.1) is 5.82 Å². The van der Waals surface area contributed by atoms with Gasteiger partial charge in [-0.3, -0.25) is 0 Å². The maximum absolute atomic E-state index is 15.1. The Morgan fingerprint density at radius 3 is 2.64 bits per heavy atom. The Balaban J connectivity index is 1.24. The summed E-state index contributed by atoms with van der Waals surface area (Å²) in [6, 6.07) is 15.9. The molecule has 5 atom stereocenters. The van der Waals surface area contributed by atoms with Crippen molar-refractivity contribution in [3.8, 4) is 0 Å². The highest BCUT2D eigenvalue weighted by Gasteiger charge is 2.32. The molecule has 0 bridgehead atoms. The summed E-state index contributed by atoms with van der Waals surface area (Å²) >= 11 is 1.93. The summed E-state index contributed by atoms with van der Waals surface area (Å²) in [4.78, 5) is 1.93. The van der Waals surface area contributed by atoms with Crippen LogP contribution in [0.15, 0.2) is 61.2 Å². The standard InChI is InChI=1S/C25H29F2N5S/c1-17-24(33-25(13-28-17)18-5-3-2-4-6-18)11-19-7-8-20(12-21(19)26)31-10-9-23(22(27)14-31)32-15-29-30-16-32/h2-8,12,15-17,22-25,28H,9-11,13-14H2,1H3/t17-,22-,23+,24?,25-/m0/s1. The molecule has 0 radical (unpaired) electrons. The zero-order valence-electron chi connectivity index (χ0n) is 18.6. The van der Waals surface area contributed by atoms with Crippen LogP contribution in [0.3, 0.4) is 0 Å². The maximum atomic E-state index is 15.1. The normalized spacial score (nSPS) is 28.1. The third-order valence-corrected chi connectivity index (χ3v) is 8.53. The van der Waals surface area contributed by atoms with Crippen molar-refractivity contribution in [2.24, 2.45) is 0 Å². The van der Waals surface area contributed by atoms with Crippen LogP contribution in [0.25, 0.3) is 0 Å². The van der Waals surface area contributed by atoms with Gasteiger partial charge in [-0.25, -0.2) is 8.78 Å². The van der Waals surface area contributed by atoms with Crippen LogP contribution in [-0.2, 0) is 6.42 Å². The molecule has 174 valence electrons. The lowest BCUT2D eigenvalue weighted by Gasteiger charge is -2.37. The van der Waals surface area contributed by atoms with Gasteiger partial charge in [0.25, 0.3) is 0 Å². The summed E-state index contributed by atoms with van der Waals surface area (Å²) in [6.45, 7) is 4.00. The molecule has 3 heterocycles. The molecule has 8 heteroatoms. The largest absolute Gasteiger partial charge is 0.368 e. The Morgan fingerprint density at radius 2 is 1.91 bits per heavy atom. The van der Waals surface area contributed by atoms with E-state index in [1.165, 1.54) is 5.56 Å². The van der Waals surface area contributed by atoms with Gasteiger partial charge in [0.15, 0.2) is 0 Å². The SMILES string of the molecule is C[C@@H]1NC[C@@H](c2ccccc2)SC1Cc1ccc(N2CC[C@@H](n3cnnc3)[C@@H](F)C2)cc1F. The number of nitrogens with zero attached hydrogens (tertiary/aromatic N) is 4. The fraction of sp³-hybridized carbons (Fsp3) is 0.440. The van der Waals surface area contributed by atoms with Crippen molar-refractivity contribution in [1.29, 1.82) is 0 Å². The molecule has 1 N–H and O–H groups in total. The van der Waals surface area contributed by atoms with Gasteiger partial charge in [-0.15, -0.1) is 22.0 Å². The van der Waals surface area contributed by atoms with Crippen LogP contribution in [0.4, 0.5) is 14.5 Å². The van der Waals surface area contributed by atoms with E-state index in [0.29, 0.717) is 30.7 Å². The van der Waals surface area contributed by atoms with Gasteiger partial charge in [-0.1, -0.05) is 36.4 Å². The Morgan fingerprint density at radius 1 is 1.12 bits per heavy atom. The molecule has 3 aromatic rings. The molecule has 5 nitrogen and oxygen atoms in total. The second-order valence-corrected chi connectivity index (χ2v) is 10.4. The summed E-state index contributed by atoms with van der Waals surface area (Å²) in [5.74, 6) is -0.210. The number of aromatic nitrogens is 3. The first kappa shape index (κ1) is 22.3. The quantitative estimate of drug-likeness (QED) is 0.593. The van der Waals surface area contributed by atoms with Crippen LogP contribution in [-0.4, -0.2) is 51.9 Å². The molecular weight excluding hydrogens is 440 g/mol. The summed E-state index contributed by atoms with van der Waals surface area (Å²) < 4.78 is 31.7. The second-order valence-electron chi connectivity index (χ2n) is 8.98. The van der Waals surface area contributed by atoms with Crippen molar-refractivity contribution >= 4 is 17.4 Å². The van der Waals surface area contributed by atoms with Crippen LogP contribution in [0.5, 0.6) is 0 Å². The average molecular weight is 470 g/mol. The average Bonchev–Trinajstić information content (AvgIpc) is 3.37. The number of alkyl halides is 1. The Labute approximate surface area is 197 Å². The number of rotatable bonds is 5. The summed E-state index contributed by atoms with van der Waals surface area (Å²) in [6.07, 6.45) is 3.35. The lowest BCUT2D eigenvalue weighted by atomic mass is 10.0. The van der Waals surface area contributed by atoms with Crippen molar-refractivity contribution in [3.05, 3.63) is 78.1 Å². The van der Waals surface area contributed by atoms with E-state index < -0.39 is 6.17 Å². The van der Waals surface area contributed by atoms with E-state index in [2.05, 4.69) is 46.7 Å². The van der Waals surface area contributed by atoms with E-state index in [1.54, 1.807) is 23.3 Å². The maximum Gasteiger partial charge on any atom is 0.138 e. The summed E-state index contributed by atoms with van der Waals surface area (Å²) in [5, 5.41) is 11.8. The van der Waals surface area contributed by atoms with E-state index >= 15 is 4.39 Å². The van der Waals surface area contributed by atoms with Gasteiger partial charge >= 0.3 is 0 Å². The molecule has 0 saturated carbocycles. The van der Waals surface area contributed by atoms with E-state index in [9.17, 15) is 4.39 Å². The number of thioether (sulfide) groups is 1. The van der Waals surface area contributed by atoms with E-state index in [4.69, 9.17) is 0 Å². The van der Waals surface area contributed by atoms with Gasteiger partial charge in [0.1, 0.15) is 24.6 Å². The molecule has 2 aromatic carbocycles. The van der Waals surface area contributed by atoms with Crippen molar-refractivity contribution < 1.29 is 8.78 Å². The molecule has 1 unspecified atom stereocenters. The lowest BCUT2D eigenvalue weighted by Crippen LogP contribution is -2.44. The smallest absolute Gasteiger partial charge is 0.138 e. The minimum atomic E-state index is -1.06. The first-order chi connectivity index (χ1) is 16.1. The summed E-state index contributed by atoms with van der Waals surface area (Å²) in [7, 11) is 0. The van der Waals surface area contributed by atoms with Gasteiger partial charge in [0.2, 0.25) is 0 Å². The van der Waals surface area contributed by atoms with Gasteiger partial charge in [0, 0.05) is 35.3 Å². The number of nitrogens with one attached hydrogen (secondary N) is 1. The fourth-order valence-electron chi connectivity index (χ4n) is 4.85. The summed E-state index contributed by atoms with van der Waals surface area (Å²) in [5.41, 5.74) is 2.76. The molecule has 0 amide bonds. The van der Waals surface area contributed by atoms with Crippen LogP contribution >= 0.6 is 11.8 Å². The highest BCUT2D eigenvalue weighted by molar-refractivity contribution is 8.00. The number of hydrogen-bond donors (Lipinski definition) is 1. The van der Waals surface area contributed by atoms with Gasteiger partial charge in [-0.05, 0) is 43.0 Å². The zero-order valence-corrected chi connectivity index (χ0v) is 19.5. The number of hydrogen-bond acceptors (Lipinski definition) is 5. The predicted octanol–water partition coefficient (Wildman–Crippen LogP) is 4.58. The second kappa shape index (κ2) is 9.81. The molecule has 2 fully saturated rings. The zero-order chi connectivity index (χ0) is 22.8. The molecule has 5 rings (SSSR count). The fourth-order valence-corrected chi connectivity index (χ4v) is 6.38. The molecule has 0 aliphatic carbocycles. The van der Waals surface area contributed by atoms with Gasteiger partial charge in [0.05, 0.1) is 12.6 Å². The van der Waals surface area contributed by atoms with E-state index in [1.807, 2.05) is 34.9 Å².